The molecule has 0 radical (unpaired) electrons. The Labute approximate surface area is 167 Å². The number of carboxylic acid groups (broad SMARTS) is 3. The van der Waals surface area contributed by atoms with Crippen molar-refractivity contribution in [3.8, 4) is 0 Å². The molecule has 5 N–H and O–H groups in total. The molecule has 0 aromatic rings. The summed E-state index contributed by atoms with van der Waals surface area (Å²) in [6, 6.07) is 0. The zero-order chi connectivity index (χ0) is 11.5. The van der Waals surface area contributed by atoms with Crippen molar-refractivity contribution >= 4 is 55.6 Å². The number of hydrogen-bond donors (Lipinski definition) is 5. The molecule has 16 heavy (non-hydrogen) atoms. The summed E-state index contributed by atoms with van der Waals surface area (Å²) in [5, 5.41) is 42.6. The number of carboxylic acids is 3. The Kier molecular flexibility index (Phi) is 12.9. The first-order valence-corrected chi connectivity index (χ1v) is 3.30. The summed E-state index contributed by atoms with van der Waals surface area (Å²) < 4.78 is 0. The Morgan fingerprint density at radius 3 is 1.75 bits per heavy atom. The predicted octanol–water partition coefficient (Wildman–Crippen LogP) is -5.32. The summed E-state index contributed by atoms with van der Waals surface area (Å²) in [5.74, 6) is -5.87. The van der Waals surface area contributed by atoms with Gasteiger partial charge in [0.15, 0.2) is 6.10 Å². The van der Waals surface area contributed by atoms with Crippen LogP contribution in [-0.4, -0.2) is 92.9 Å². The number of rotatable bonds is 5. The van der Waals surface area contributed by atoms with E-state index in [1.54, 1.807) is 0 Å². The van der Waals surface area contributed by atoms with Gasteiger partial charge >= 0.3 is 107 Å². The van der Waals surface area contributed by atoms with Crippen molar-refractivity contribution in [2.45, 2.75) is 18.1 Å². The van der Waals surface area contributed by atoms with Crippen LogP contribution in [0.2, 0.25) is 0 Å². The zero-order valence-corrected chi connectivity index (χ0v) is 13.8. The van der Waals surface area contributed by atoms with Gasteiger partial charge in [-0.2, -0.15) is 0 Å². The fourth-order valence-corrected chi connectivity index (χ4v) is 0.724. The zero-order valence-electron chi connectivity index (χ0n) is 11.5. The first-order chi connectivity index (χ1) is 6.21. The van der Waals surface area contributed by atoms with Crippen molar-refractivity contribution in [2.75, 3.05) is 0 Å². The number of aliphatic hydroxyl groups is 2. The molecule has 0 aromatic carbocycles. The van der Waals surface area contributed by atoms with Crippen molar-refractivity contribution in [3.63, 3.8) is 0 Å². The molecule has 2 unspecified atom stereocenters. The third-order valence-electron chi connectivity index (χ3n) is 1.48. The molecule has 0 rings (SSSR count). The standard InChI is InChI=1S/C6H8O8.Ca.K.3H/c7-2(8)1-6(14,5(12)13)3(9)4(10)11;;;;;/h3,9,14H,1H2,(H,7,8)(H,10,11)(H,12,13);;;;;/q;+2;+1;3*-1. The molecule has 0 aliphatic rings. The Hall–Kier alpha value is 1.23. The van der Waals surface area contributed by atoms with E-state index in [0.717, 1.165) is 0 Å². The third kappa shape index (κ3) is 6.24. The van der Waals surface area contributed by atoms with Gasteiger partial charge in [-0.3, -0.25) is 4.79 Å². The van der Waals surface area contributed by atoms with Gasteiger partial charge in [0.25, 0.3) is 0 Å². The van der Waals surface area contributed by atoms with E-state index in [1.807, 2.05) is 0 Å². The van der Waals surface area contributed by atoms with Crippen LogP contribution in [0.4, 0.5) is 0 Å². The van der Waals surface area contributed by atoms with Crippen LogP contribution in [0.1, 0.15) is 10.7 Å². The topological polar surface area (TPSA) is 152 Å². The van der Waals surface area contributed by atoms with Crippen molar-refractivity contribution in [3.05, 3.63) is 0 Å². The third-order valence-corrected chi connectivity index (χ3v) is 1.48. The molecular weight excluding hydrogens is 279 g/mol. The maximum absolute atomic E-state index is 10.4. The molecular formula is C6H11CaKO8. The summed E-state index contributed by atoms with van der Waals surface area (Å²) >= 11 is 0. The second kappa shape index (κ2) is 9.20. The van der Waals surface area contributed by atoms with Crippen LogP contribution in [0.5, 0.6) is 0 Å². The van der Waals surface area contributed by atoms with Gasteiger partial charge < -0.3 is 29.8 Å². The summed E-state index contributed by atoms with van der Waals surface area (Å²) in [5.41, 5.74) is -3.22. The van der Waals surface area contributed by atoms with Crippen LogP contribution in [0.25, 0.3) is 0 Å². The number of aliphatic hydroxyl groups excluding tert-OH is 1. The molecule has 0 fully saturated rings. The summed E-state index contributed by atoms with van der Waals surface area (Å²) in [4.78, 5) is 30.7. The molecule has 0 spiro atoms. The molecule has 8 nitrogen and oxygen atoms in total. The number of hydrogen-bond acceptors (Lipinski definition) is 5. The molecule has 0 amide bonds. The van der Waals surface area contributed by atoms with E-state index in [4.69, 9.17) is 25.5 Å². The van der Waals surface area contributed by atoms with Crippen molar-refractivity contribution < 1.29 is 95.6 Å². The number of aliphatic carboxylic acids is 3. The summed E-state index contributed by atoms with van der Waals surface area (Å²) in [7, 11) is 0. The largest absolute Gasteiger partial charge is 2.00 e. The predicted molar refractivity (Wildman–Crippen MR) is 47.6 cm³/mol. The van der Waals surface area contributed by atoms with Crippen molar-refractivity contribution in [1.82, 2.24) is 0 Å². The van der Waals surface area contributed by atoms with Gasteiger partial charge in [0.1, 0.15) is 0 Å². The quantitative estimate of drug-likeness (QED) is 0.315. The van der Waals surface area contributed by atoms with Crippen LogP contribution in [0.3, 0.4) is 0 Å². The minimum Gasteiger partial charge on any atom is -1.00 e. The smallest absolute Gasteiger partial charge is 1.00 e. The second-order valence-corrected chi connectivity index (χ2v) is 2.54. The van der Waals surface area contributed by atoms with Gasteiger partial charge in [0.05, 0.1) is 6.42 Å². The Balaban J connectivity index is -0.0000000845. The SMILES string of the molecule is O=C(O)CC(O)(C(=O)O)C(O)C(=O)O.[Ca+2].[H-].[H-].[H-].[K+]. The van der Waals surface area contributed by atoms with Gasteiger partial charge in [-0.1, -0.05) is 0 Å². The van der Waals surface area contributed by atoms with E-state index in [9.17, 15) is 14.4 Å². The minimum atomic E-state index is -3.22. The average molecular weight is 290 g/mol. The van der Waals surface area contributed by atoms with E-state index in [0.29, 0.717) is 0 Å². The van der Waals surface area contributed by atoms with E-state index in [-0.39, 0.29) is 93.4 Å². The Morgan fingerprint density at radius 1 is 1.19 bits per heavy atom. The molecule has 2 atom stereocenters. The first kappa shape index (κ1) is 22.4. The molecule has 0 aromatic heterocycles. The molecule has 10 heteroatoms. The van der Waals surface area contributed by atoms with Crippen LogP contribution < -0.4 is 51.4 Å². The molecule has 0 saturated heterocycles. The maximum atomic E-state index is 10.4. The molecule has 0 aliphatic carbocycles. The van der Waals surface area contributed by atoms with Gasteiger partial charge in [-0.05, 0) is 0 Å². The van der Waals surface area contributed by atoms with E-state index >= 15 is 0 Å². The first-order valence-electron chi connectivity index (χ1n) is 3.30. The van der Waals surface area contributed by atoms with E-state index < -0.39 is 36.0 Å². The van der Waals surface area contributed by atoms with Crippen LogP contribution >= 0.6 is 0 Å². The van der Waals surface area contributed by atoms with Crippen molar-refractivity contribution in [2.24, 2.45) is 0 Å². The minimum absolute atomic E-state index is 0. The average Bonchev–Trinajstić information content (AvgIpc) is 2.00. The van der Waals surface area contributed by atoms with Gasteiger partial charge in [0, 0.05) is 0 Å². The molecule has 0 heterocycles. The Bertz CT molecular complexity index is 294. The van der Waals surface area contributed by atoms with Crippen LogP contribution in [0.15, 0.2) is 0 Å². The normalized spacial score (nSPS) is 14.6. The van der Waals surface area contributed by atoms with Gasteiger partial charge in [-0.15, -0.1) is 0 Å². The fourth-order valence-electron chi connectivity index (χ4n) is 0.724. The maximum Gasteiger partial charge on any atom is 2.00 e. The monoisotopic (exact) mass is 290 g/mol. The van der Waals surface area contributed by atoms with Crippen LogP contribution in [-0.2, 0) is 14.4 Å². The van der Waals surface area contributed by atoms with E-state index in [2.05, 4.69) is 0 Å². The second-order valence-electron chi connectivity index (χ2n) is 2.54. The van der Waals surface area contributed by atoms with Gasteiger partial charge in [-0.25, -0.2) is 9.59 Å². The summed E-state index contributed by atoms with van der Waals surface area (Å²) in [6.07, 6.45) is -4.11. The fraction of sp³-hybridized carbons (Fsp3) is 0.500. The molecule has 0 aliphatic heterocycles. The summed E-state index contributed by atoms with van der Waals surface area (Å²) in [6.45, 7) is 0. The Morgan fingerprint density at radius 2 is 1.56 bits per heavy atom. The molecule has 0 saturated carbocycles. The van der Waals surface area contributed by atoms with E-state index in [1.165, 1.54) is 0 Å². The van der Waals surface area contributed by atoms with Crippen LogP contribution in [0, 0.1) is 0 Å². The van der Waals surface area contributed by atoms with Crippen molar-refractivity contribution in [1.29, 1.82) is 0 Å². The molecule has 86 valence electrons. The molecule has 0 bridgehead atoms. The number of carbonyl (C=O) groups is 3. The van der Waals surface area contributed by atoms with Gasteiger partial charge in [0.2, 0.25) is 5.60 Å².